The molecule has 13 aromatic carbocycles. The van der Waals surface area contributed by atoms with Crippen molar-refractivity contribution in [3.63, 3.8) is 0 Å². The Morgan fingerprint density at radius 2 is 0.636 bits per heavy atom. The fraction of sp³-hybridized carbons (Fsp3) is 0.0323. The van der Waals surface area contributed by atoms with Crippen LogP contribution in [0, 0.1) is 0 Å². The first-order valence-corrected chi connectivity index (χ1v) is 33.9. The van der Waals surface area contributed by atoms with Crippen LogP contribution in [0.2, 0.25) is 0 Å². The molecule has 99 heavy (non-hydrogen) atoms. The molecule has 19 aromatic rings. The molecule has 6 heterocycles. The largest absolute Gasteiger partial charge is 0.248 e. The molecular weight excluding hydrogens is 1200 g/mol. The maximum atomic E-state index is 5.65. The lowest BCUT2D eigenvalue weighted by Gasteiger charge is -2.23. The van der Waals surface area contributed by atoms with Crippen molar-refractivity contribution in [2.45, 2.75) is 19.3 Å². The summed E-state index contributed by atoms with van der Waals surface area (Å²) in [5.74, 6) is 0. The molecular formula is C93H56N6. The smallest absolute Gasteiger partial charge is 0.0978 e. The highest BCUT2D eigenvalue weighted by Gasteiger charge is 2.36. The van der Waals surface area contributed by atoms with Crippen LogP contribution >= 0.6 is 0 Å². The summed E-state index contributed by atoms with van der Waals surface area (Å²) >= 11 is 0. The third kappa shape index (κ3) is 8.75. The Morgan fingerprint density at radius 1 is 0.202 bits per heavy atom. The second-order valence-electron chi connectivity index (χ2n) is 27.3. The molecule has 6 heteroatoms. The van der Waals surface area contributed by atoms with Gasteiger partial charge in [0, 0.05) is 70.8 Å². The van der Waals surface area contributed by atoms with E-state index in [2.05, 4.69) is 305 Å². The van der Waals surface area contributed by atoms with Gasteiger partial charge in [-0.1, -0.05) is 208 Å². The van der Waals surface area contributed by atoms with E-state index < -0.39 is 0 Å². The summed E-state index contributed by atoms with van der Waals surface area (Å²) in [6.45, 7) is 4.75. The maximum absolute atomic E-state index is 5.65. The third-order valence-electron chi connectivity index (χ3n) is 21.3. The van der Waals surface area contributed by atoms with Crippen molar-refractivity contribution in [3.8, 4) is 112 Å². The summed E-state index contributed by atoms with van der Waals surface area (Å²) in [5.41, 5.74) is 32.1. The number of para-hydroxylation sites is 2. The fourth-order valence-electron chi connectivity index (χ4n) is 16.1. The van der Waals surface area contributed by atoms with Gasteiger partial charge in [0.25, 0.3) is 0 Å². The molecule has 21 rings (SSSR count). The molecule has 6 nitrogen and oxygen atoms in total. The first kappa shape index (κ1) is 55.4. The summed E-state index contributed by atoms with van der Waals surface area (Å²) in [7, 11) is 0. The molecule has 0 unspecified atom stereocenters. The molecule has 6 aromatic heterocycles. The Kier molecular flexibility index (Phi) is 11.8. The molecule has 0 bridgehead atoms. The minimum Gasteiger partial charge on any atom is -0.248 e. The van der Waals surface area contributed by atoms with Crippen molar-refractivity contribution in [1.29, 1.82) is 0 Å². The highest BCUT2D eigenvalue weighted by Crippen LogP contribution is 2.52. The lowest BCUT2D eigenvalue weighted by Crippen LogP contribution is -2.15. The van der Waals surface area contributed by atoms with Gasteiger partial charge < -0.3 is 0 Å². The number of rotatable bonds is 7. The van der Waals surface area contributed by atoms with E-state index in [0.717, 1.165) is 155 Å². The molecule has 2 aliphatic rings. The molecule has 0 fully saturated rings. The van der Waals surface area contributed by atoms with Gasteiger partial charge in [-0.15, -0.1) is 0 Å². The summed E-state index contributed by atoms with van der Waals surface area (Å²) in [4.78, 5) is 31.8. The molecule has 458 valence electrons. The van der Waals surface area contributed by atoms with Gasteiger partial charge in [0.2, 0.25) is 0 Å². The fourth-order valence-corrected chi connectivity index (χ4v) is 16.1. The van der Waals surface area contributed by atoms with Gasteiger partial charge in [-0.05, 0) is 198 Å². The number of hydrogen-bond acceptors (Lipinski definition) is 6. The SMILES string of the molecule is CC1(C)c2cc(-c3ccc(-c4ccc5ccc6ccc(-c7ccc8nc9ccccc9cc8c7)nc6c5n4)cc3)ccc2-c2ccc(-c3cc4ccc(-c5cccc(-c6ccc7c(c6)-c6cccc8cccc-7c68)c5)nc4c4nc(-c5ccc6nc7ccccc7cc6c5)ccc34)cc21. The van der Waals surface area contributed by atoms with E-state index in [-0.39, 0.29) is 5.41 Å². The van der Waals surface area contributed by atoms with Crippen LogP contribution in [0.15, 0.2) is 303 Å². The van der Waals surface area contributed by atoms with Crippen LogP contribution in [0.5, 0.6) is 0 Å². The highest BCUT2D eigenvalue weighted by molar-refractivity contribution is 6.16. The molecule has 0 saturated heterocycles. The Balaban J connectivity index is 0.616. The van der Waals surface area contributed by atoms with Gasteiger partial charge in [-0.2, -0.15) is 0 Å². The number of pyridine rings is 6. The predicted molar refractivity (Wildman–Crippen MR) is 411 cm³/mol. The monoisotopic (exact) mass is 1260 g/mol. The van der Waals surface area contributed by atoms with Crippen LogP contribution in [0.25, 0.3) is 210 Å². The summed E-state index contributed by atoms with van der Waals surface area (Å²) < 4.78 is 0. The van der Waals surface area contributed by atoms with Gasteiger partial charge in [-0.3, -0.25) is 0 Å². The molecule has 0 radical (unpaired) electrons. The first-order chi connectivity index (χ1) is 48.7. The van der Waals surface area contributed by atoms with Gasteiger partial charge in [-0.25, -0.2) is 29.9 Å². The third-order valence-corrected chi connectivity index (χ3v) is 21.3. The molecule has 0 aliphatic heterocycles. The zero-order valence-corrected chi connectivity index (χ0v) is 54.1. The zero-order valence-electron chi connectivity index (χ0n) is 54.1. The molecule has 2 aliphatic carbocycles. The molecule has 0 spiro atoms. The van der Waals surface area contributed by atoms with Crippen LogP contribution < -0.4 is 0 Å². The summed E-state index contributed by atoms with van der Waals surface area (Å²) in [6.07, 6.45) is 0. The average molecular weight is 1260 g/mol. The Morgan fingerprint density at radius 3 is 1.28 bits per heavy atom. The standard InChI is InChI=1S/C93H56N6/c1-93(2)78-51-60(53-20-22-54(23-21-53)82-38-29-56-24-25-57-30-39-84(97-90(57)89(56)96-82)65-31-40-86-68(47-65)45-62-10-3-5-18-80(62)94-86)27-35-71(78)72-36-28-61(52-79(72)93)76-50-67-33-42-83(64-15-7-14-58(44-64)59-26-34-70-73-16-8-12-55-13-9-17-74(88(55)73)77(70)49-59)98-91(67)92-75(76)37-43-85(99-92)66-32-41-87-69(48-66)46-63-11-4-6-19-81(63)95-87/h3-52H,1-2H3. The average Bonchev–Trinajstić information content (AvgIpc) is 1.69. The Labute approximate surface area is 569 Å². The normalized spacial score (nSPS) is 12.8. The minimum absolute atomic E-state index is 0.291. The van der Waals surface area contributed by atoms with Crippen molar-refractivity contribution in [1.82, 2.24) is 29.9 Å². The van der Waals surface area contributed by atoms with Crippen molar-refractivity contribution in [3.05, 3.63) is 314 Å². The van der Waals surface area contributed by atoms with Crippen LogP contribution in [0.1, 0.15) is 25.0 Å². The quantitative estimate of drug-likeness (QED) is 0.117. The van der Waals surface area contributed by atoms with Gasteiger partial charge >= 0.3 is 0 Å². The predicted octanol–water partition coefficient (Wildman–Crippen LogP) is 24.1. The van der Waals surface area contributed by atoms with Crippen LogP contribution in [0.4, 0.5) is 0 Å². The first-order valence-electron chi connectivity index (χ1n) is 33.9. The van der Waals surface area contributed by atoms with E-state index in [1.165, 1.54) is 66.4 Å². The minimum atomic E-state index is -0.291. The van der Waals surface area contributed by atoms with Crippen LogP contribution in [0.3, 0.4) is 0 Å². The van der Waals surface area contributed by atoms with E-state index >= 15 is 0 Å². The molecule has 0 saturated carbocycles. The highest BCUT2D eigenvalue weighted by atomic mass is 14.8. The number of hydrogen-bond donors (Lipinski definition) is 0. The second kappa shape index (κ2) is 21.0. The zero-order chi connectivity index (χ0) is 65.2. The van der Waals surface area contributed by atoms with Crippen LogP contribution in [-0.2, 0) is 5.41 Å². The van der Waals surface area contributed by atoms with Crippen molar-refractivity contribution < 1.29 is 0 Å². The second-order valence-corrected chi connectivity index (χ2v) is 27.3. The Bertz CT molecular complexity index is 6760. The lowest BCUT2D eigenvalue weighted by atomic mass is 9.80. The summed E-state index contributed by atoms with van der Waals surface area (Å²) in [5, 5.41) is 11.2. The topological polar surface area (TPSA) is 77.3 Å². The number of nitrogens with zero attached hydrogens (tertiary/aromatic N) is 6. The van der Waals surface area contributed by atoms with E-state index in [1.54, 1.807) is 0 Å². The lowest BCUT2D eigenvalue weighted by molar-refractivity contribution is 0.661. The van der Waals surface area contributed by atoms with Gasteiger partial charge in [0.15, 0.2) is 0 Å². The van der Waals surface area contributed by atoms with E-state index in [1.807, 2.05) is 12.1 Å². The van der Waals surface area contributed by atoms with E-state index in [9.17, 15) is 0 Å². The van der Waals surface area contributed by atoms with Crippen molar-refractivity contribution in [2.24, 2.45) is 0 Å². The number of fused-ring (bicyclic) bond motifs is 16. The van der Waals surface area contributed by atoms with Gasteiger partial charge in [0.05, 0.1) is 66.9 Å². The van der Waals surface area contributed by atoms with Crippen LogP contribution in [-0.4, -0.2) is 29.9 Å². The molecule has 0 amide bonds. The maximum Gasteiger partial charge on any atom is 0.0978 e. The summed E-state index contributed by atoms with van der Waals surface area (Å²) in [6, 6.07) is 110. The van der Waals surface area contributed by atoms with E-state index in [4.69, 9.17) is 29.9 Å². The number of aromatic nitrogens is 6. The Hall–Kier alpha value is -12.9. The molecule has 0 N–H and O–H groups in total. The van der Waals surface area contributed by atoms with Gasteiger partial charge in [0.1, 0.15) is 0 Å². The molecule has 0 atom stereocenters. The van der Waals surface area contributed by atoms with Crippen molar-refractivity contribution in [2.75, 3.05) is 0 Å². The van der Waals surface area contributed by atoms with Crippen molar-refractivity contribution >= 4 is 98.0 Å². The number of benzene rings is 13. The van der Waals surface area contributed by atoms with E-state index in [0.29, 0.717) is 0 Å².